The SMILES string of the molecule is O=C1S/C(=C\c2cc(N=Nc3ccccc3)ccc2O)C(=O)N1Cc1cc2c(cc1Cl)OCO2. The van der Waals surface area contributed by atoms with E-state index in [0.29, 0.717) is 39.0 Å². The Morgan fingerprint density at radius 2 is 1.74 bits per heavy atom. The highest BCUT2D eigenvalue weighted by Crippen LogP contribution is 2.40. The van der Waals surface area contributed by atoms with E-state index in [0.717, 1.165) is 16.7 Å². The van der Waals surface area contributed by atoms with E-state index in [4.69, 9.17) is 21.1 Å². The second kappa shape index (κ2) is 9.20. The smallest absolute Gasteiger partial charge is 0.293 e. The van der Waals surface area contributed by atoms with Gasteiger partial charge in [0.1, 0.15) is 5.75 Å². The lowest BCUT2D eigenvalue weighted by molar-refractivity contribution is -0.123. The van der Waals surface area contributed by atoms with Crippen molar-refractivity contribution in [1.82, 2.24) is 4.90 Å². The number of ether oxygens (including phenoxy) is 2. The molecule has 2 aliphatic heterocycles. The van der Waals surface area contributed by atoms with Crippen LogP contribution in [-0.2, 0) is 11.3 Å². The van der Waals surface area contributed by atoms with Crippen LogP contribution in [0, 0.1) is 0 Å². The van der Waals surface area contributed by atoms with Crippen LogP contribution in [0.4, 0.5) is 16.2 Å². The molecule has 1 saturated heterocycles. The average Bonchev–Trinajstić information content (AvgIpc) is 3.39. The third kappa shape index (κ3) is 4.48. The monoisotopic (exact) mass is 493 g/mol. The number of halogens is 1. The van der Waals surface area contributed by atoms with Crippen molar-refractivity contribution in [2.45, 2.75) is 6.54 Å². The van der Waals surface area contributed by atoms with Gasteiger partial charge in [0, 0.05) is 16.7 Å². The number of benzene rings is 3. The van der Waals surface area contributed by atoms with Crippen molar-refractivity contribution in [1.29, 1.82) is 0 Å². The molecule has 0 atom stereocenters. The van der Waals surface area contributed by atoms with Gasteiger partial charge in [0.15, 0.2) is 11.5 Å². The van der Waals surface area contributed by atoms with Crippen LogP contribution in [0.3, 0.4) is 0 Å². The zero-order valence-corrected chi connectivity index (χ0v) is 19.0. The van der Waals surface area contributed by atoms with Crippen LogP contribution in [0.5, 0.6) is 17.2 Å². The molecule has 0 saturated carbocycles. The molecule has 8 nitrogen and oxygen atoms in total. The van der Waals surface area contributed by atoms with E-state index in [9.17, 15) is 14.7 Å². The zero-order chi connectivity index (χ0) is 23.7. The fourth-order valence-electron chi connectivity index (χ4n) is 3.36. The van der Waals surface area contributed by atoms with Gasteiger partial charge in [0.05, 0.1) is 22.8 Å². The number of phenolic OH excluding ortho intramolecular Hbond substituents is 1. The maximum atomic E-state index is 13.0. The number of thioether (sulfide) groups is 1. The minimum atomic E-state index is -0.487. The van der Waals surface area contributed by atoms with Crippen molar-refractivity contribution in [3.8, 4) is 17.2 Å². The van der Waals surface area contributed by atoms with E-state index < -0.39 is 11.1 Å². The number of hydrogen-bond donors (Lipinski definition) is 1. The predicted octanol–water partition coefficient (Wildman–Crippen LogP) is 6.43. The number of aromatic hydroxyl groups is 1. The normalized spacial score (nSPS) is 16.3. The van der Waals surface area contributed by atoms with Crippen molar-refractivity contribution in [2.75, 3.05) is 6.79 Å². The van der Waals surface area contributed by atoms with E-state index >= 15 is 0 Å². The van der Waals surface area contributed by atoms with Gasteiger partial charge in [-0.05, 0) is 59.8 Å². The Kier molecular flexibility index (Phi) is 5.95. The molecule has 1 fully saturated rings. The average molecular weight is 494 g/mol. The van der Waals surface area contributed by atoms with Gasteiger partial charge in [-0.15, -0.1) is 0 Å². The minimum Gasteiger partial charge on any atom is -0.507 e. The summed E-state index contributed by atoms with van der Waals surface area (Å²) in [7, 11) is 0. The largest absolute Gasteiger partial charge is 0.507 e. The van der Waals surface area contributed by atoms with Crippen LogP contribution in [0.15, 0.2) is 75.8 Å². The summed E-state index contributed by atoms with van der Waals surface area (Å²) < 4.78 is 10.6. The Bertz CT molecular complexity index is 1360. The number of rotatable bonds is 5. The number of carbonyl (C=O) groups excluding carboxylic acids is 2. The van der Waals surface area contributed by atoms with Gasteiger partial charge in [-0.3, -0.25) is 14.5 Å². The molecule has 170 valence electrons. The summed E-state index contributed by atoms with van der Waals surface area (Å²) in [5.74, 6) is 0.486. The fraction of sp³-hybridized carbons (Fsp3) is 0.0833. The molecule has 1 N–H and O–H groups in total. The first-order valence-electron chi connectivity index (χ1n) is 10.1. The molecule has 34 heavy (non-hydrogen) atoms. The molecule has 0 unspecified atom stereocenters. The first kappa shape index (κ1) is 22.0. The summed E-state index contributed by atoms with van der Waals surface area (Å²) in [6.07, 6.45) is 1.46. The van der Waals surface area contributed by atoms with E-state index in [1.165, 1.54) is 12.1 Å². The van der Waals surface area contributed by atoms with Crippen LogP contribution in [-0.4, -0.2) is 27.9 Å². The van der Waals surface area contributed by atoms with Crippen molar-refractivity contribution in [3.63, 3.8) is 0 Å². The lowest BCUT2D eigenvalue weighted by atomic mass is 10.1. The van der Waals surface area contributed by atoms with E-state index in [1.807, 2.05) is 30.3 Å². The van der Waals surface area contributed by atoms with Crippen molar-refractivity contribution >= 4 is 52.0 Å². The molecule has 10 heteroatoms. The third-order valence-electron chi connectivity index (χ3n) is 5.08. The molecular formula is C24H16ClN3O5S. The Hall–Kier alpha value is -3.82. The summed E-state index contributed by atoms with van der Waals surface area (Å²) in [5.41, 5.74) is 2.07. The lowest BCUT2D eigenvalue weighted by Crippen LogP contribution is -2.27. The van der Waals surface area contributed by atoms with Crippen LogP contribution in [0.25, 0.3) is 6.08 Å². The molecule has 0 radical (unpaired) electrons. The molecule has 2 amide bonds. The standard InChI is InChI=1S/C24H16ClN3O5S/c25-18-11-21-20(32-13-33-21)9-15(18)12-28-23(30)22(34-24(28)31)10-14-8-17(6-7-19(14)29)27-26-16-4-2-1-3-5-16/h1-11,29H,12-13H2/b22-10-,27-26?. The number of amides is 2. The van der Waals surface area contributed by atoms with Gasteiger partial charge in [0.2, 0.25) is 6.79 Å². The van der Waals surface area contributed by atoms with E-state index in [-0.39, 0.29) is 24.0 Å². The topological polar surface area (TPSA) is 101 Å². The van der Waals surface area contributed by atoms with Crippen molar-refractivity contribution in [2.24, 2.45) is 10.2 Å². The summed E-state index contributed by atoms with van der Waals surface area (Å²) in [4.78, 5) is 26.8. The summed E-state index contributed by atoms with van der Waals surface area (Å²) in [6, 6.07) is 17.1. The highest BCUT2D eigenvalue weighted by Gasteiger charge is 2.36. The zero-order valence-electron chi connectivity index (χ0n) is 17.5. The highest BCUT2D eigenvalue weighted by molar-refractivity contribution is 8.18. The number of imide groups is 1. The highest BCUT2D eigenvalue weighted by atomic mass is 35.5. The molecule has 0 spiro atoms. The molecule has 0 bridgehead atoms. The number of hydrogen-bond acceptors (Lipinski definition) is 8. The Labute approximate surface area is 203 Å². The molecule has 5 rings (SSSR count). The van der Waals surface area contributed by atoms with Gasteiger partial charge in [-0.25, -0.2) is 0 Å². The first-order valence-corrected chi connectivity index (χ1v) is 11.3. The number of phenols is 1. The first-order chi connectivity index (χ1) is 16.5. The maximum Gasteiger partial charge on any atom is 0.293 e. The van der Waals surface area contributed by atoms with Crippen molar-refractivity contribution < 1.29 is 24.2 Å². The summed E-state index contributed by atoms with van der Waals surface area (Å²) in [6.45, 7) is 0.0711. The molecule has 0 aliphatic carbocycles. The van der Waals surface area contributed by atoms with Gasteiger partial charge in [-0.2, -0.15) is 10.2 Å². The van der Waals surface area contributed by atoms with Gasteiger partial charge < -0.3 is 14.6 Å². The van der Waals surface area contributed by atoms with Gasteiger partial charge in [0.25, 0.3) is 11.1 Å². The number of fused-ring (bicyclic) bond motifs is 1. The molecule has 2 heterocycles. The second-order valence-corrected chi connectivity index (χ2v) is 8.74. The number of nitrogens with zero attached hydrogens (tertiary/aromatic N) is 3. The molecule has 3 aromatic rings. The molecule has 0 aromatic heterocycles. The van der Waals surface area contributed by atoms with E-state index in [2.05, 4.69) is 10.2 Å². The second-order valence-electron chi connectivity index (χ2n) is 7.34. The van der Waals surface area contributed by atoms with Gasteiger partial charge in [-0.1, -0.05) is 29.8 Å². The summed E-state index contributed by atoms with van der Waals surface area (Å²) >= 11 is 7.09. The predicted molar refractivity (Wildman–Crippen MR) is 128 cm³/mol. The Morgan fingerprint density at radius 3 is 2.53 bits per heavy atom. The lowest BCUT2D eigenvalue weighted by Gasteiger charge is -2.14. The fourth-order valence-corrected chi connectivity index (χ4v) is 4.40. The van der Waals surface area contributed by atoms with Crippen LogP contribution >= 0.6 is 23.4 Å². The van der Waals surface area contributed by atoms with E-state index in [1.54, 1.807) is 24.3 Å². The quantitative estimate of drug-likeness (QED) is 0.325. The molecule has 2 aliphatic rings. The van der Waals surface area contributed by atoms with Crippen molar-refractivity contribution in [3.05, 3.63) is 81.7 Å². The molecular weight excluding hydrogens is 478 g/mol. The Balaban J connectivity index is 1.37. The summed E-state index contributed by atoms with van der Waals surface area (Å²) in [5, 5.41) is 18.5. The Morgan fingerprint density at radius 1 is 1.00 bits per heavy atom. The third-order valence-corrected chi connectivity index (χ3v) is 6.34. The maximum absolute atomic E-state index is 13.0. The van der Waals surface area contributed by atoms with Crippen LogP contribution in [0.1, 0.15) is 11.1 Å². The number of carbonyl (C=O) groups is 2. The van der Waals surface area contributed by atoms with Crippen LogP contribution in [0.2, 0.25) is 5.02 Å². The van der Waals surface area contributed by atoms with Crippen LogP contribution < -0.4 is 9.47 Å². The number of azo groups is 1. The molecule has 3 aromatic carbocycles. The van der Waals surface area contributed by atoms with Gasteiger partial charge >= 0.3 is 0 Å². The minimum absolute atomic E-state index is 0.0191.